The number of hydrogen-bond donors (Lipinski definition) is 2. The summed E-state index contributed by atoms with van der Waals surface area (Å²) in [5, 5.41) is 10.7. The molecule has 1 saturated heterocycles. The van der Waals surface area contributed by atoms with Gasteiger partial charge in [0.05, 0.1) is 12.1 Å². The minimum Gasteiger partial charge on any atom is -0.364 e. The number of aromatic nitrogens is 3. The predicted molar refractivity (Wildman–Crippen MR) is 85.3 cm³/mol. The topological polar surface area (TPSA) is 118 Å². The van der Waals surface area contributed by atoms with E-state index >= 15 is 0 Å². The number of hydrogen-bond acceptors (Lipinski definition) is 5. The first kappa shape index (κ1) is 16.2. The van der Waals surface area contributed by atoms with Crippen LogP contribution in [0.4, 0.5) is 0 Å². The van der Waals surface area contributed by atoms with E-state index in [0.29, 0.717) is 18.7 Å². The molecule has 2 amide bonds. The van der Waals surface area contributed by atoms with E-state index in [4.69, 9.17) is 10.3 Å². The van der Waals surface area contributed by atoms with Crippen molar-refractivity contribution in [2.45, 2.75) is 39.0 Å². The Kier molecular flexibility index (Phi) is 4.37. The minimum absolute atomic E-state index is 0.0590. The van der Waals surface area contributed by atoms with Crippen molar-refractivity contribution in [1.82, 2.24) is 20.3 Å². The molecule has 3 heterocycles. The van der Waals surface area contributed by atoms with Crippen molar-refractivity contribution in [1.29, 1.82) is 0 Å². The summed E-state index contributed by atoms with van der Waals surface area (Å²) in [4.78, 5) is 25.6. The van der Waals surface area contributed by atoms with Gasteiger partial charge < -0.3 is 15.2 Å². The first-order valence-electron chi connectivity index (χ1n) is 8.00. The van der Waals surface area contributed by atoms with Crippen LogP contribution in [0.5, 0.6) is 0 Å². The lowest BCUT2D eigenvalue weighted by molar-refractivity contribution is -0.131. The van der Waals surface area contributed by atoms with Gasteiger partial charge in [0, 0.05) is 30.3 Å². The molecule has 1 aliphatic heterocycles. The number of H-pyrrole nitrogens is 1. The summed E-state index contributed by atoms with van der Waals surface area (Å²) in [6.45, 7) is 4.99. The van der Waals surface area contributed by atoms with E-state index in [1.54, 1.807) is 6.07 Å². The van der Waals surface area contributed by atoms with Gasteiger partial charge >= 0.3 is 0 Å². The molecule has 1 fully saturated rings. The molecule has 3 rings (SSSR count). The number of aromatic amines is 1. The number of carbonyl (C=O) groups excluding carboxylic acids is 2. The van der Waals surface area contributed by atoms with Crippen LogP contribution in [0.2, 0.25) is 0 Å². The normalized spacial score (nSPS) is 17.9. The first-order valence-corrected chi connectivity index (χ1v) is 8.00. The summed E-state index contributed by atoms with van der Waals surface area (Å²) >= 11 is 0. The van der Waals surface area contributed by atoms with Crippen molar-refractivity contribution >= 4 is 11.8 Å². The Bertz CT molecular complexity index is 744. The highest BCUT2D eigenvalue weighted by atomic mass is 16.5. The van der Waals surface area contributed by atoms with Crippen LogP contribution >= 0.6 is 0 Å². The summed E-state index contributed by atoms with van der Waals surface area (Å²) in [5.41, 5.74) is 7.93. The highest BCUT2D eigenvalue weighted by Crippen LogP contribution is 2.26. The van der Waals surface area contributed by atoms with Crippen LogP contribution in [0.15, 0.2) is 10.6 Å². The number of nitrogens with zero attached hydrogens (tertiary/aromatic N) is 3. The van der Waals surface area contributed by atoms with E-state index in [0.717, 1.165) is 36.3 Å². The number of amides is 2. The van der Waals surface area contributed by atoms with Gasteiger partial charge in [0.25, 0.3) is 5.91 Å². The lowest BCUT2D eigenvalue weighted by atomic mass is 9.94. The van der Waals surface area contributed by atoms with Crippen molar-refractivity contribution in [2.24, 2.45) is 5.73 Å². The van der Waals surface area contributed by atoms with Gasteiger partial charge in [-0.25, -0.2) is 0 Å². The molecule has 128 valence electrons. The summed E-state index contributed by atoms with van der Waals surface area (Å²) in [7, 11) is 0. The summed E-state index contributed by atoms with van der Waals surface area (Å²) in [6, 6.07) is 1.68. The standard InChI is InChI=1S/C16H21N5O3/c1-9-12(10(2)24-20-9)6-15(22)21-5-3-4-11(8-21)13-7-14(16(17)23)19-18-13/h7,11H,3-6,8H2,1-2H3,(H2,17,23)(H,18,19)/t11-/m1/s1. The van der Waals surface area contributed by atoms with E-state index in [9.17, 15) is 9.59 Å². The number of aryl methyl sites for hydroxylation is 2. The molecule has 0 bridgehead atoms. The third kappa shape index (κ3) is 3.17. The average Bonchev–Trinajstić information content (AvgIpc) is 3.18. The van der Waals surface area contributed by atoms with Crippen molar-refractivity contribution in [3.63, 3.8) is 0 Å². The molecule has 2 aromatic heterocycles. The van der Waals surface area contributed by atoms with Gasteiger partial charge in [-0.3, -0.25) is 14.7 Å². The predicted octanol–water partition coefficient (Wildman–Crippen LogP) is 1.06. The van der Waals surface area contributed by atoms with Crippen LogP contribution in [0.1, 0.15) is 52.0 Å². The van der Waals surface area contributed by atoms with Crippen LogP contribution in [-0.2, 0) is 11.2 Å². The molecule has 8 nitrogen and oxygen atoms in total. The maximum atomic E-state index is 12.6. The van der Waals surface area contributed by atoms with Crippen LogP contribution < -0.4 is 5.73 Å². The third-order valence-electron chi connectivity index (χ3n) is 4.57. The second-order valence-electron chi connectivity index (χ2n) is 6.23. The minimum atomic E-state index is -0.556. The summed E-state index contributed by atoms with van der Waals surface area (Å²) in [5.74, 6) is 0.324. The molecule has 24 heavy (non-hydrogen) atoms. The summed E-state index contributed by atoms with van der Waals surface area (Å²) in [6.07, 6.45) is 2.14. The Balaban J connectivity index is 1.68. The molecule has 8 heteroatoms. The monoisotopic (exact) mass is 331 g/mol. The quantitative estimate of drug-likeness (QED) is 0.868. The Hall–Kier alpha value is -2.64. The first-order chi connectivity index (χ1) is 11.5. The van der Waals surface area contributed by atoms with Gasteiger partial charge in [-0.1, -0.05) is 5.16 Å². The Morgan fingerprint density at radius 1 is 1.46 bits per heavy atom. The Morgan fingerprint density at radius 2 is 2.25 bits per heavy atom. The molecule has 0 saturated carbocycles. The second kappa shape index (κ2) is 6.46. The van der Waals surface area contributed by atoms with Gasteiger partial charge in [0.2, 0.25) is 5.91 Å². The number of likely N-dealkylation sites (tertiary alicyclic amines) is 1. The van der Waals surface area contributed by atoms with Crippen LogP contribution in [0.25, 0.3) is 0 Å². The van der Waals surface area contributed by atoms with E-state index in [1.165, 1.54) is 0 Å². The lowest BCUT2D eigenvalue weighted by Gasteiger charge is -2.32. The highest BCUT2D eigenvalue weighted by molar-refractivity contribution is 5.90. The van der Waals surface area contributed by atoms with Gasteiger partial charge in [-0.2, -0.15) is 5.10 Å². The van der Waals surface area contributed by atoms with Crippen LogP contribution in [-0.4, -0.2) is 45.2 Å². The Morgan fingerprint density at radius 3 is 2.88 bits per heavy atom. The fraction of sp³-hybridized carbons (Fsp3) is 0.500. The van der Waals surface area contributed by atoms with Crippen LogP contribution in [0, 0.1) is 13.8 Å². The van der Waals surface area contributed by atoms with Crippen molar-refractivity contribution in [3.8, 4) is 0 Å². The second-order valence-corrected chi connectivity index (χ2v) is 6.23. The number of rotatable bonds is 4. The zero-order valence-electron chi connectivity index (χ0n) is 13.8. The van der Waals surface area contributed by atoms with Crippen LogP contribution in [0.3, 0.4) is 0 Å². The zero-order chi connectivity index (χ0) is 17.3. The molecule has 0 unspecified atom stereocenters. The molecular formula is C16H21N5O3. The fourth-order valence-corrected chi connectivity index (χ4v) is 3.15. The molecule has 2 aromatic rings. The molecule has 3 N–H and O–H groups in total. The number of nitrogens with one attached hydrogen (secondary N) is 1. The van der Waals surface area contributed by atoms with E-state index in [-0.39, 0.29) is 17.5 Å². The molecule has 1 aliphatic rings. The Labute approximate surface area is 139 Å². The van der Waals surface area contributed by atoms with Crippen molar-refractivity contribution < 1.29 is 14.1 Å². The molecular weight excluding hydrogens is 310 g/mol. The number of carbonyl (C=O) groups is 2. The highest BCUT2D eigenvalue weighted by Gasteiger charge is 2.27. The molecule has 0 aromatic carbocycles. The number of nitrogens with two attached hydrogens (primary N) is 1. The maximum Gasteiger partial charge on any atom is 0.269 e. The molecule has 0 aliphatic carbocycles. The maximum absolute atomic E-state index is 12.6. The fourth-order valence-electron chi connectivity index (χ4n) is 3.15. The number of piperidine rings is 1. The van der Waals surface area contributed by atoms with Gasteiger partial charge in [-0.15, -0.1) is 0 Å². The zero-order valence-corrected chi connectivity index (χ0v) is 13.8. The van der Waals surface area contributed by atoms with Crippen molar-refractivity contribution in [2.75, 3.05) is 13.1 Å². The lowest BCUT2D eigenvalue weighted by Crippen LogP contribution is -2.40. The van der Waals surface area contributed by atoms with Gasteiger partial charge in [-0.05, 0) is 32.8 Å². The van der Waals surface area contributed by atoms with E-state index in [2.05, 4.69) is 15.4 Å². The van der Waals surface area contributed by atoms with E-state index < -0.39 is 5.91 Å². The van der Waals surface area contributed by atoms with Gasteiger partial charge in [0.1, 0.15) is 11.5 Å². The summed E-state index contributed by atoms with van der Waals surface area (Å²) < 4.78 is 5.12. The number of primary amides is 1. The molecule has 0 spiro atoms. The van der Waals surface area contributed by atoms with E-state index in [1.807, 2.05) is 18.7 Å². The van der Waals surface area contributed by atoms with Crippen molar-refractivity contribution in [3.05, 3.63) is 34.5 Å². The molecule has 1 atom stereocenters. The largest absolute Gasteiger partial charge is 0.364 e. The average molecular weight is 331 g/mol. The SMILES string of the molecule is Cc1noc(C)c1CC(=O)N1CCC[C@@H](c2cc(C(N)=O)n[nH]2)C1. The molecule has 0 radical (unpaired) electrons. The van der Waals surface area contributed by atoms with Gasteiger partial charge in [0.15, 0.2) is 0 Å². The smallest absolute Gasteiger partial charge is 0.269 e. The third-order valence-corrected chi connectivity index (χ3v) is 4.57.